The Hall–Kier alpha value is -7.36. The van der Waals surface area contributed by atoms with Gasteiger partial charge in [0, 0.05) is 35.1 Å². The predicted molar refractivity (Wildman–Crippen MR) is 214 cm³/mol. The third-order valence-electron chi connectivity index (χ3n) is 8.65. The molecule has 0 bridgehead atoms. The molecule has 2 amide bonds. The van der Waals surface area contributed by atoms with E-state index < -0.39 is 11.8 Å². The highest BCUT2D eigenvalue weighted by Crippen LogP contribution is 2.31. The molecule has 14 nitrogen and oxygen atoms in total. The highest BCUT2D eigenvalue weighted by molar-refractivity contribution is 5.92. The van der Waals surface area contributed by atoms with Gasteiger partial charge in [0.05, 0.1) is 17.9 Å². The van der Waals surface area contributed by atoms with E-state index >= 15 is 0 Å². The number of aromatic nitrogens is 2. The van der Waals surface area contributed by atoms with Crippen molar-refractivity contribution in [1.82, 2.24) is 15.6 Å². The van der Waals surface area contributed by atoms with Crippen LogP contribution in [0.15, 0.2) is 128 Å². The Morgan fingerprint density at radius 1 is 0.649 bits per heavy atom. The number of rotatable bonds is 13. The lowest BCUT2D eigenvalue weighted by molar-refractivity contribution is -0.117. The van der Waals surface area contributed by atoms with Gasteiger partial charge in [0.25, 0.3) is 0 Å². The molecule has 4 aromatic carbocycles. The number of nitrogens with zero attached hydrogens (tertiary/aromatic N) is 4. The summed E-state index contributed by atoms with van der Waals surface area (Å²) in [6, 6.07) is 32.4. The quantitative estimate of drug-likeness (QED) is 0.0648. The first kappa shape index (κ1) is 40.8. The maximum Gasteiger partial charge on any atom is 0.239 e. The van der Waals surface area contributed by atoms with Gasteiger partial charge < -0.3 is 37.3 Å². The number of amides is 2. The average Bonchev–Trinajstić information content (AvgIpc) is 3.89. The molecule has 0 spiro atoms. The predicted octanol–water partition coefficient (Wildman–Crippen LogP) is 5.37. The van der Waals surface area contributed by atoms with Crippen LogP contribution in [0, 0.1) is 11.6 Å². The Morgan fingerprint density at radius 2 is 1.12 bits per heavy atom. The summed E-state index contributed by atoms with van der Waals surface area (Å²) >= 11 is 0. The second-order valence-corrected chi connectivity index (χ2v) is 12.8. The van der Waals surface area contributed by atoms with E-state index in [-0.39, 0.29) is 60.9 Å². The molecular weight excluding hydrogens is 735 g/mol. The van der Waals surface area contributed by atoms with E-state index in [2.05, 4.69) is 30.9 Å². The monoisotopic (exact) mass is 776 g/mol. The van der Waals surface area contributed by atoms with Gasteiger partial charge in [-0.05, 0) is 34.4 Å². The minimum atomic E-state index is -0.599. The zero-order chi connectivity index (χ0) is 40.9. The van der Waals surface area contributed by atoms with E-state index in [0.29, 0.717) is 28.3 Å². The van der Waals surface area contributed by atoms with Crippen LogP contribution in [-0.4, -0.2) is 47.1 Å². The molecule has 2 heterocycles. The van der Waals surface area contributed by atoms with Crippen molar-refractivity contribution in [3.8, 4) is 22.3 Å². The fourth-order valence-electron chi connectivity index (χ4n) is 5.54. The Balaban J connectivity index is 0.000000218. The number of nitrogens with two attached hydrogens (primary N) is 4. The summed E-state index contributed by atoms with van der Waals surface area (Å²) in [4.78, 5) is 28.9. The fraction of sp³-hybridized carbons (Fsp3) is 0.171. The van der Waals surface area contributed by atoms with Gasteiger partial charge in [-0.3, -0.25) is 14.9 Å². The van der Waals surface area contributed by atoms with Crippen molar-refractivity contribution in [3.05, 3.63) is 149 Å². The molecule has 0 aliphatic carbocycles. The van der Waals surface area contributed by atoms with Crippen molar-refractivity contribution >= 4 is 29.6 Å². The topological polar surface area (TPSA) is 239 Å². The number of carbonyl (C=O) groups excluding carboxylic acids is 2. The van der Waals surface area contributed by atoms with Crippen LogP contribution in [0.2, 0.25) is 0 Å². The van der Waals surface area contributed by atoms with Crippen molar-refractivity contribution in [2.45, 2.75) is 32.2 Å². The number of hydrogen-bond donors (Lipinski definition) is 6. The number of anilines is 1. The molecule has 0 aliphatic rings. The molecule has 2 atom stereocenters. The third-order valence-corrected chi connectivity index (χ3v) is 8.65. The summed E-state index contributed by atoms with van der Waals surface area (Å²) < 4.78 is 39.7. The second-order valence-electron chi connectivity index (χ2n) is 12.8. The Kier molecular flexibility index (Phi) is 13.8. The normalized spacial score (nSPS) is 12.6. The number of aliphatic imine (C=N–C) groups is 2. The number of nitrogens with one attached hydrogen (secondary N) is 2. The second kappa shape index (κ2) is 19.3. The number of carbonyl (C=O) groups is 2. The largest absolute Gasteiger partial charge is 0.370 e. The van der Waals surface area contributed by atoms with Crippen LogP contribution in [0.5, 0.6) is 0 Å². The van der Waals surface area contributed by atoms with E-state index in [1.165, 1.54) is 12.1 Å². The minimum Gasteiger partial charge on any atom is -0.370 e. The molecular formula is C41H42F2N10O4. The minimum absolute atomic E-state index is 0.0209. The van der Waals surface area contributed by atoms with E-state index in [9.17, 15) is 18.4 Å². The van der Waals surface area contributed by atoms with Crippen LogP contribution in [0.4, 0.5) is 14.7 Å². The summed E-state index contributed by atoms with van der Waals surface area (Å²) in [6.45, 7) is 3.64. The van der Waals surface area contributed by atoms with Gasteiger partial charge in [-0.15, -0.1) is 0 Å². The van der Waals surface area contributed by atoms with Crippen molar-refractivity contribution < 1.29 is 27.4 Å². The van der Waals surface area contributed by atoms with Gasteiger partial charge in [-0.1, -0.05) is 109 Å². The standard InChI is InChI=1S/C21H22FN5O2.C20H20FN5O2/c1-13(15-7-8-17(18(22)9-15)14-5-3-2-4-6-14)19-10-16(29-27-19)11-25-21(24)26-12-20(23)28;1-12(17-10-19(28-26-17)25-20(23)24-11-18(22)27)14-7-8-15(16(21)9-14)13-5-3-2-4-6-13/h2-10,13H,11-12H2,1H3,(H2,23,28)(H3,24,25,26);2-10,12H,11H2,1H3,(H2,22,27)(H3,23,24,25). The summed E-state index contributed by atoms with van der Waals surface area (Å²) in [7, 11) is 0. The average molecular weight is 777 g/mol. The Morgan fingerprint density at radius 3 is 1.61 bits per heavy atom. The number of guanidine groups is 2. The number of benzene rings is 4. The van der Waals surface area contributed by atoms with Crippen LogP contribution in [0.1, 0.15) is 54.0 Å². The van der Waals surface area contributed by atoms with E-state index in [1.54, 1.807) is 24.3 Å². The number of primary amides is 2. The van der Waals surface area contributed by atoms with Crippen molar-refractivity contribution in [2.75, 3.05) is 18.4 Å². The first-order chi connectivity index (χ1) is 27.4. The lowest BCUT2D eigenvalue weighted by Gasteiger charge is -2.11. The molecule has 294 valence electrons. The number of halogens is 2. The van der Waals surface area contributed by atoms with E-state index in [4.69, 9.17) is 32.0 Å². The first-order valence-electron chi connectivity index (χ1n) is 17.7. The van der Waals surface area contributed by atoms with Crippen LogP contribution >= 0.6 is 0 Å². The van der Waals surface area contributed by atoms with Gasteiger partial charge >= 0.3 is 0 Å². The number of hydrogen-bond acceptors (Lipinski definition) is 8. The summed E-state index contributed by atoms with van der Waals surface area (Å²) in [6.07, 6.45) is 0. The summed E-state index contributed by atoms with van der Waals surface area (Å²) in [5, 5.41) is 13.5. The molecule has 2 aromatic heterocycles. The Labute approximate surface area is 327 Å². The van der Waals surface area contributed by atoms with Crippen molar-refractivity contribution in [3.63, 3.8) is 0 Å². The molecule has 57 heavy (non-hydrogen) atoms. The smallest absolute Gasteiger partial charge is 0.239 e. The first-order valence-corrected chi connectivity index (χ1v) is 17.7. The molecule has 16 heteroatoms. The maximum atomic E-state index is 14.6. The van der Waals surface area contributed by atoms with Crippen LogP contribution < -0.4 is 33.6 Å². The lowest BCUT2D eigenvalue weighted by Crippen LogP contribution is -2.32. The molecule has 0 saturated heterocycles. The maximum absolute atomic E-state index is 14.6. The highest BCUT2D eigenvalue weighted by Gasteiger charge is 2.18. The van der Waals surface area contributed by atoms with E-state index in [0.717, 1.165) is 22.3 Å². The summed E-state index contributed by atoms with van der Waals surface area (Å²) in [5.41, 5.74) is 26.8. The molecule has 0 radical (unpaired) electrons. The fourth-order valence-corrected chi connectivity index (χ4v) is 5.54. The van der Waals surface area contributed by atoms with Crippen molar-refractivity contribution in [1.29, 1.82) is 0 Å². The molecule has 2 unspecified atom stereocenters. The Bertz CT molecular complexity index is 2350. The van der Waals surface area contributed by atoms with Gasteiger partial charge in [-0.25, -0.2) is 18.8 Å². The van der Waals surface area contributed by atoms with Gasteiger partial charge in [0.1, 0.15) is 24.7 Å². The van der Waals surface area contributed by atoms with Crippen LogP contribution in [0.3, 0.4) is 0 Å². The lowest BCUT2D eigenvalue weighted by atomic mass is 9.94. The highest BCUT2D eigenvalue weighted by atomic mass is 19.1. The molecule has 0 saturated carbocycles. The molecule has 0 aliphatic heterocycles. The van der Waals surface area contributed by atoms with Crippen LogP contribution in [0.25, 0.3) is 22.3 Å². The van der Waals surface area contributed by atoms with E-state index in [1.807, 2.05) is 86.6 Å². The van der Waals surface area contributed by atoms with Gasteiger partial charge in [0.2, 0.25) is 17.7 Å². The summed E-state index contributed by atoms with van der Waals surface area (Å²) in [5.74, 6) is -1.28. The SMILES string of the molecule is CC(c1ccc(-c2ccccc2)c(F)c1)c1cc(CNC(N)=NCC(N)=O)on1.CC(c1ccc(-c2ccccc2)c(F)c1)c1cc(NC(N)=NCC(N)=O)on1. The molecule has 6 aromatic rings. The van der Waals surface area contributed by atoms with Gasteiger partial charge in [-0.2, -0.15) is 0 Å². The zero-order valence-electron chi connectivity index (χ0n) is 31.2. The third kappa shape index (κ3) is 11.6. The zero-order valence-corrected chi connectivity index (χ0v) is 31.2. The van der Waals surface area contributed by atoms with Crippen molar-refractivity contribution in [2.24, 2.45) is 32.9 Å². The van der Waals surface area contributed by atoms with Crippen LogP contribution in [-0.2, 0) is 16.1 Å². The molecule has 0 fully saturated rings. The van der Waals surface area contributed by atoms with Gasteiger partial charge in [0.15, 0.2) is 17.7 Å². The molecule has 6 rings (SSSR count). The molecule has 10 N–H and O–H groups in total.